The summed E-state index contributed by atoms with van der Waals surface area (Å²) >= 11 is 0. The van der Waals surface area contributed by atoms with Crippen molar-refractivity contribution < 1.29 is 24.5 Å². The number of rotatable bonds is 4. The summed E-state index contributed by atoms with van der Waals surface area (Å²) in [5.74, 6) is 0.407. The fourth-order valence-electron chi connectivity index (χ4n) is 12.5. The molecule has 6 aliphatic rings. The number of aldehydes is 1. The second kappa shape index (κ2) is 9.46. The van der Waals surface area contributed by atoms with Crippen LogP contribution in [0.5, 0.6) is 0 Å². The van der Waals surface area contributed by atoms with E-state index in [4.69, 9.17) is 4.74 Å². The first kappa shape index (κ1) is 31.5. The average molecular weight is 638 g/mol. The summed E-state index contributed by atoms with van der Waals surface area (Å²) in [5.41, 5.74) is 5.99. The Kier molecular flexibility index (Phi) is 6.33. The Balaban J connectivity index is 1.40. The topological polar surface area (TPSA) is 88.8 Å². The molecule has 0 spiro atoms. The monoisotopic (exact) mass is 637 g/mol. The van der Waals surface area contributed by atoms with Crippen LogP contribution in [-0.2, 0) is 21.4 Å². The van der Waals surface area contributed by atoms with Gasteiger partial charge in [0.2, 0.25) is 0 Å². The molecular formula is C41H51NO5. The predicted octanol–water partition coefficient (Wildman–Crippen LogP) is 7.74. The van der Waals surface area contributed by atoms with Crippen LogP contribution in [0.2, 0.25) is 0 Å². The summed E-state index contributed by atoms with van der Waals surface area (Å²) in [5, 5.41) is 24.8. The van der Waals surface area contributed by atoms with Crippen LogP contribution < -0.4 is 0 Å². The number of nitrogens with zero attached hydrogens (tertiary/aromatic N) is 1. The molecule has 2 N–H and O–H groups in total. The molecule has 0 saturated heterocycles. The van der Waals surface area contributed by atoms with Crippen molar-refractivity contribution in [2.75, 3.05) is 0 Å². The molecule has 0 amide bonds. The van der Waals surface area contributed by atoms with Gasteiger partial charge < -0.3 is 24.3 Å². The molecule has 2 fully saturated rings. The minimum atomic E-state index is -0.841. The Bertz CT molecular complexity index is 1860. The van der Waals surface area contributed by atoms with Gasteiger partial charge >= 0.3 is 0 Å². The minimum absolute atomic E-state index is 0.0405. The molecule has 3 heterocycles. The number of aliphatic hydroxyl groups is 2. The number of aliphatic hydroxyl groups excluding tert-OH is 2. The Labute approximate surface area is 278 Å². The van der Waals surface area contributed by atoms with Crippen molar-refractivity contribution in [3.8, 4) is 0 Å². The van der Waals surface area contributed by atoms with Gasteiger partial charge in [0.25, 0.3) is 0 Å². The van der Waals surface area contributed by atoms with E-state index in [0.29, 0.717) is 24.3 Å². The van der Waals surface area contributed by atoms with Crippen molar-refractivity contribution in [3.05, 3.63) is 64.4 Å². The van der Waals surface area contributed by atoms with Crippen molar-refractivity contribution in [1.82, 2.24) is 4.57 Å². The Morgan fingerprint density at radius 1 is 1.11 bits per heavy atom. The standard InChI is InChI=1S/C41H51NO5/c1-21(2)32-35(46)30-29-23(26-20-37(3,4)47-38(5,6)31(26)34(29)45)19-24-25-18-22-12-13-27-39(7,15-10-11-17-43)28(44)14-16-40(27,8)41(22,9)36(25)42(32)33(24)30/h10,15,17,19-20,22,27-28,31-32,34,44-45H,1,11-14,16,18H2,2-9H3/b15-10+/t22-,27-,28-,31+,32-,34+,39-,40-,41+/m0/s1. The molecule has 250 valence electrons. The smallest absolute Gasteiger partial charge is 0.192 e. The Morgan fingerprint density at radius 2 is 1.83 bits per heavy atom. The number of aromatic nitrogens is 1. The van der Waals surface area contributed by atoms with Gasteiger partial charge in [0.1, 0.15) is 12.3 Å². The minimum Gasteiger partial charge on any atom is -0.392 e. The van der Waals surface area contributed by atoms with E-state index < -0.39 is 34.9 Å². The van der Waals surface area contributed by atoms with Gasteiger partial charge in [-0.2, -0.15) is 0 Å². The maximum absolute atomic E-state index is 14.8. The molecule has 0 unspecified atom stereocenters. The lowest BCUT2D eigenvalue weighted by atomic mass is 9.40. The van der Waals surface area contributed by atoms with Crippen LogP contribution in [0.15, 0.2) is 36.4 Å². The van der Waals surface area contributed by atoms with E-state index in [-0.39, 0.29) is 28.4 Å². The van der Waals surface area contributed by atoms with Crippen molar-refractivity contribution in [1.29, 1.82) is 0 Å². The van der Waals surface area contributed by atoms with Crippen LogP contribution in [0.25, 0.3) is 16.5 Å². The van der Waals surface area contributed by atoms with Crippen LogP contribution in [0, 0.1) is 28.6 Å². The van der Waals surface area contributed by atoms with E-state index in [2.05, 4.69) is 77.8 Å². The maximum Gasteiger partial charge on any atom is 0.192 e. The first-order chi connectivity index (χ1) is 21.9. The molecule has 9 atom stereocenters. The lowest BCUT2D eigenvalue weighted by molar-refractivity contribution is -0.145. The second-order valence-electron chi connectivity index (χ2n) is 17.6. The van der Waals surface area contributed by atoms with Crippen LogP contribution >= 0.6 is 0 Å². The van der Waals surface area contributed by atoms with E-state index in [9.17, 15) is 19.8 Å². The highest BCUT2D eigenvalue weighted by Crippen LogP contribution is 2.71. The number of Topliss-reactive ketones (excluding diaryl/α,β-unsaturated/α-hetero) is 1. The summed E-state index contributed by atoms with van der Waals surface area (Å²) in [6.07, 6.45) is 10.8. The van der Waals surface area contributed by atoms with Crippen molar-refractivity contribution in [3.63, 3.8) is 0 Å². The number of allylic oxidation sites excluding steroid dienone is 2. The van der Waals surface area contributed by atoms with Gasteiger partial charge in [-0.05, 0) is 113 Å². The fraction of sp³-hybridized carbons (Fsp3) is 0.610. The largest absolute Gasteiger partial charge is 0.392 e. The maximum atomic E-state index is 14.8. The first-order valence-corrected chi connectivity index (χ1v) is 17.8. The summed E-state index contributed by atoms with van der Waals surface area (Å²) in [6.45, 7) is 21.7. The molecule has 4 aliphatic carbocycles. The molecule has 1 aromatic carbocycles. The lowest BCUT2D eigenvalue weighted by Crippen LogP contribution is -2.62. The van der Waals surface area contributed by atoms with Crippen molar-refractivity contribution >= 4 is 28.5 Å². The molecule has 6 nitrogen and oxygen atoms in total. The van der Waals surface area contributed by atoms with E-state index in [1.807, 2.05) is 13.0 Å². The Hall–Kier alpha value is -2.80. The van der Waals surface area contributed by atoms with Gasteiger partial charge in [-0.15, -0.1) is 0 Å². The lowest BCUT2D eigenvalue weighted by Gasteiger charge is -2.64. The molecule has 0 bridgehead atoms. The number of ether oxygens (including phenoxy) is 1. The first-order valence-electron chi connectivity index (χ1n) is 17.8. The average Bonchev–Trinajstić information content (AvgIpc) is 3.64. The highest BCUT2D eigenvalue weighted by atomic mass is 16.5. The summed E-state index contributed by atoms with van der Waals surface area (Å²) in [4.78, 5) is 26.0. The summed E-state index contributed by atoms with van der Waals surface area (Å²) in [7, 11) is 0. The molecule has 1 aromatic heterocycles. The second-order valence-corrected chi connectivity index (χ2v) is 17.6. The normalized spacial score (nSPS) is 40.6. The molecule has 47 heavy (non-hydrogen) atoms. The molecule has 6 heteroatoms. The van der Waals surface area contributed by atoms with Crippen LogP contribution in [0.3, 0.4) is 0 Å². The molecule has 2 saturated carbocycles. The molecule has 8 rings (SSSR count). The van der Waals surface area contributed by atoms with Gasteiger partial charge in [0, 0.05) is 39.8 Å². The quantitative estimate of drug-likeness (QED) is 0.265. The number of hydrogen-bond donors (Lipinski definition) is 2. The fourth-order valence-corrected chi connectivity index (χ4v) is 12.5. The number of fused-ring (bicyclic) bond motifs is 11. The van der Waals surface area contributed by atoms with E-state index in [0.717, 1.165) is 65.1 Å². The van der Waals surface area contributed by atoms with Gasteiger partial charge in [0.05, 0.1) is 34.5 Å². The third-order valence-corrected chi connectivity index (χ3v) is 14.3. The summed E-state index contributed by atoms with van der Waals surface area (Å²) < 4.78 is 8.87. The van der Waals surface area contributed by atoms with Gasteiger partial charge in [-0.3, -0.25) is 4.79 Å². The van der Waals surface area contributed by atoms with E-state index in [1.54, 1.807) is 0 Å². The van der Waals surface area contributed by atoms with Gasteiger partial charge in [-0.25, -0.2) is 0 Å². The molecule has 2 aromatic rings. The summed E-state index contributed by atoms with van der Waals surface area (Å²) in [6, 6.07) is 1.79. The zero-order valence-corrected chi connectivity index (χ0v) is 29.4. The zero-order chi connectivity index (χ0) is 33.8. The highest BCUT2D eigenvalue weighted by molar-refractivity contribution is 6.18. The predicted molar refractivity (Wildman–Crippen MR) is 184 cm³/mol. The molecule has 2 aliphatic heterocycles. The van der Waals surface area contributed by atoms with Gasteiger partial charge in [0.15, 0.2) is 5.78 Å². The third kappa shape index (κ3) is 3.63. The number of hydrogen-bond acceptors (Lipinski definition) is 5. The van der Waals surface area contributed by atoms with Crippen molar-refractivity contribution in [2.45, 2.75) is 129 Å². The number of carbonyl (C=O) groups excluding carboxylic acids is 2. The Morgan fingerprint density at radius 3 is 2.51 bits per heavy atom. The van der Waals surface area contributed by atoms with Gasteiger partial charge in [-0.1, -0.05) is 45.1 Å². The zero-order valence-electron chi connectivity index (χ0n) is 29.4. The molecule has 0 radical (unpaired) electrons. The van der Waals surface area contributed by atoms with Crippen LogP contribution in [-0.4, -0.2) is 44.2 Å². The molecular weight excluding hydrogens is 586 g/mol. The van der Waals surface area contributed by atoms with Crippen LogP contribution in [0.4, 0.5) is 0 Å². The van der Waals surface area contributed by atoms with E-state index >= 15 is 0 Å². The number of ketones is 1. The number of carbonyl (C=O) groups is 2. The SMILES string of the molecule is C=C(C)[C@H]1C(=O)c2c3c(cc4c5c(n1c24)[C@@]1(C)[C@@H](CC[C@H]2[C@](C)(/C=C/CC=O)[C@@H](O)CC[C@@]21C)C5)C1=CC(C)(C)OC(C)(C)[C@H]1[C@@H]3O. The van der Waals surface area contributed by atoms with E-state index in [1.165, 1.54) is 11.3 Å². The van der Waals surface area contributed by atoms with Crippen molar-refractivity contribution in [2.24, 2.45) is 28.6 Å². The van der Waals surface area contributed by atoms with Crippen LogP contribution in [0.1, 0.15) is 132 Å². The number of benzene rings is 1. The highest BCUT2D eigenvalue weighted by Gasteiger charge is 2.67. The third-order valence-electron chi connectivity index (χ3n) is 14.3.